The molecule has 94 valence electrons. The van der Waals surface area contributed by atoms with Crippen molar-refractivity contribution in [2.45, 2.75) is 18.5 Å². The van der Waals surface area contributed by atoms with Gasteiger partial charge in [0.1, 0.15) is 5.82 Å². The molecule has 3 nitrogen and oxygen atoms in total. The molecule has 0 unspecified atom stereocenters. The van der Waals surface area contributed by atoms with Crippen molar-refractivity contribution in [2.24, 2.45) is 11.5 Å². The van der Waals surface area contributed by atoms with Crippen molar-refractivity contribution in [1.29, 1.82) is 0 Å². The first-order chi connectivity index (χ1) is 8.55. The van der Waals surface area contributed by atoms with Crippen LogP contribution < -0.4 is 11.5 Å². The molecule has 0 saturated heterocycles. The van der Waals surface area contributed by atoms with Crippen LogP contribution in [0.1, 0.15) is 18.1 Å². The van der Waals surface area contributed by atoms with Crippen LogP contribution in [0.25, 0.3) is 0 Å². The lowest BCUT2D eigenvalue weighted by Crippen LogP contribution is -2.51. The van der Waals surface area contributed by atoms with E-state index in [-0.39, 0.29) is 11.9 Å². The van der Waals surface area contributed by atoms with Crippen LogP contribution in [0.4, 0.5) is 4.39 Å². The minimum Gasteiger partial charge on any atom is -0.326 e. The average molecular weight is 245 g/mol. The number of halogens is 1. The first-order valence-electron chi connectivity index (χ1n) is 5.76. The number of nitrogens with zero attached hydrogens (tertiary/aromatic N) is 1. The average Bonchev–Trinajstić information content (AvgIpc) is 2.39. The van der Waals surface area contributed by atoms with Crippen molar-refractivity contribution in [1.82, 2.24) is 4.98 Å². The fourth-order valence-corrected chi connectivity index (χ4v) is 2.03. The third-order valence-electron chi connectivity index (χ3n) is 3.18. The Kier molecular flexibility index (Phi) is 3.41. The number of hydrogen-bond acceptors (Lipinski definition) is 3. The lowest BCUT2D eigenvalue weighted by atomic mass is 9.79. The van der Waals surface area contributed by atoms with Gasteiger partial charge in [-0.1, -0.05) is 18.2 Å². The van der Waals surface area contributed by atoms with Crippen molar-refractivity contribution in [3.63, 3.8) is 0 Å². The van der Waals surface area contributed by atoms with Crippen molar-refractivity contribution >= 4 is 0 Å². The van der Waals surface area contributed by atoms with Crippen molar-refractivity contribution in [2.75, 3.05) is 0 Å². The Morgan fingerprint density at radius 1 is 1.17 bits per heavy atom. The summed E-state index contributed by atoms with van der Waals surface area (Å²) in [5.74, 6) is -0.294. The molecule has 2 rings (SSSR count). The summed E-state index contributed by atoms with van der Waals surface area (Å²) < 4.78 is 13.0. The predicted octanol–water partition coefficient (Wildman–Crippen LogP) is 1.77. The number of hydrogen-bond donors (Lipinski definition) is 2. The fraction of sp³-hybridized carbons (Fsp3) is 0.214. The maximum Gasteiger partial charge on any atom is 0.123 e. The summed E-state index contributed by atoms with van der Waals surface area (Å²) in [7, 11) is 0. The zero-order chi connectivity index (χ0) is 13.2. The predicted molar refractivity (Wildman–Crippen MR) is 69.3 cm³/mol. The van der Waals surface area contributed by atoms with Gasteiger partial charge in [0.05, 0.1) is 5.54 Å². The zero-order valence-corrected chi connectivity index (χ0v) is 10.2. The Morgan fingerprint density at radius 2 is 1.83 bits per heavy atom. The van der Waals surface area contributed by atoms with Gasteiger partial charge in [0, 0.05) is 18.4 Å². The van der Waals surface area contributed by atoms with E-state index in [9.17, 15) is 4.39 Å². The maximum atomic E-state index is 13.0. The highest BCUT2D eigenvalue weighted by Gasteiger charge is 2.33. The van der Waals surface area contributed by atoms with E-state index >= 15 is 0 Å². The number of aromatic nitrogens is 1. The van der Waals surface area contributed by atoms with Crippen LogP contribution in [0.2, 0.25) is 0 Å². The summed E-state index contributed by atoms with van der Waals surface area (Å²) in [5.41, 5.74) is 13.2. The van der Waals surface area contributed by atoms with E-state index in [1.54, 1.807) is 24.5 Å². The third kappa shape index (κ3) is 2.12. The van der Waals surface area contributed by atoms with Crippen molar-refractivity contribution < 1.29 is 4.39 Å². The number of rotatable bonds is 3. The second-order valence-corrected chi connectivity index (χ2v) is 4.41. The summed E-state index contributed by atoms with van der Waals surface area (Å²) in [4.78, 5) is 4.07. The van der Waals surface area contributed by atoms with E-state index < -0.39 is 5.54 Å². The largest absolute Gasteiger partial charge is 0.326 e. The molecule has 2 aromatic rings. The zero-order valence-electron chi connectivity index (χ0n) is 10.2. The number of benzene rings is 1. The highest BCUT2D eigenvalue weighted by Crippen LogP contribution is 2.29. The third-order valence-corrected chi connectivity index (χ3v) is 3.18. The lowest BCUT2D eigenvalue weighted by molar-refractivity contribution is 0.443. The molecule has 0 fully saturated rings. The molecule has 0 amide bonds. The van der Waals surface area contributed by atoms with E-state index in [4.69, 9.17) is 11.5 Å². The van der Waals surface area contributed by atoms with Crippen molar-refractivity contribution in [3.05, 3.63) is 65.7 Å². The molecule has 0 aliphatic rings. The number of pyridine rings is 1. The van der Waals surface area contributed by atoms with Crippen LogP contribution in [-0.4, -0.2) is 11.0 Å². The van der Waals surface area contributed by atoms with Crippen LogP contribution in [0.15, 0.2) is 48.8 Å². The Labute approximate surface area is 106 Å². The van der Waals surface area contributed by atoms with Gasteiger partial charge in [0.15, 0.2) is 0 Å². The molecule has 1 aromatic carbocycles. The Hall–Kier alpha value is -1.78. The quantitative estimate of drug-likeness (QED) is 0.866. The second-order valence-electron chi connectivity index (χ2n) is 4.41. The van der Waals surface area contributed by atoms with Gasteiger partial charge in [-0.15, -0.1) is 0 Å². The molecule has 4 N–H and O–H groups in total. The Morgan fingerprint density at radius 3 is 2.33 bits per heavy atom. The molecule has 0 bridgehead atoms. The molecular formula is C14H16FN3. The number of nitrogens with two attached hydrogens (primary N) is 2. The van der Waals surface area contributed by atoms with Gasteiger partial charge in [-0.2, -0.15) is 0 Å². The Bertz CT molecular complexity index is 510. The molecule has 2 atom stereocenters. The molecule has 0 spiro atoms. The minimum atomic E-state index is -0.873. The van der Waals surface area contributed by atoms with E-state index in [0.717, 1.165) is 11.1 Å². The van der Waals surface area contributed by atoms with Gasteiger partial charge < -0.3 is 11.5 Å². The molecule has 0 radical (unpaired) electrons. The van der Waals surface area contributed by atoms with Crippen LogP contribution in [-0.2, 0) is 5.54 Å². The second kappa shape index (κ2) is 4.84. The van der Waals surface area contributed by atoms with E-state index in [0.29, 0.717) is 0 Å². The first kappa shape index (κ1) is 12.7. The minimum absolute atomic E-state index is 0.294. The molecule has 0 aliphatic carbocycles. The van der Waals surface area contributed by atoms with Gasteiger partial charge >= 0.3 is 0 Å². The van der Waals surface area contributed by atoms with Crippen molar-refractivity contribution in [3.8, 4) is 0 Å². The summed E-state index contributed by atoms with van der Waals surface area (Å²) in [6.45, 7) is 1.83. The highest BCUT2D eigenvalue weighted by molar-refractivity contribution is 5.38. The molecule has 1 heterocycles. The summed E-state index contributed by atoms with van der Waals surface area (Å²) in [6, 6.07) is 9.44. The van der Waals surface area contributed by atoms with Gasteiger partial charge in [-0.25, -0.2) is 4.39 Å². The van der Waals surface area contributed by atoms with Gasteiger partial charge in [-0.05, 0) is 36.2 Å². The first-order valence-corrected chi connectivity index (χ1v) is 5.76. The molecule has 0 aliphatic heterocycles. The van der Waals surface area contributed by atoms with E-state index in [2.05, 4.69) is 4.98 Å². The van der Waals surface area contributed by atoms with Crippen LogP contribution in [0.5, 0.6) is 0 Å². The van der Waals surface area contributed by atoms with Crippen LogP contribution >= 0.6 is 0 Å². The van der Waals surface area contributed by atoms with Crippen LogP contribution in [0.3, 0.4) is 0 Å². The Balaban J connectivity index is 2.54. The monoisotopic (exact) mass is 245 g/mol. The summed E-state index contributed by atoms with van der Waals surface area (Å²) in [5, 5.41) is 0. The fourth-order valence-electron chi connectivity index (χ4n) is 2.03. The van der Waals surface area contributed by atoms with Gasteiger partial charge in [0.25, 0.3) is 0 Å². The topological polar surface area (TPSA) is 64.9 Å². The van der Waals surface area contributed by atoms with E-state index in [1.165, 1.54) is 12.1 Å². The SMILES string of the molecule is C[C@H](N)[C@@](N)(c1ccc(F)cc1)c1cccnc1. The molecule has 0 saturated carbocycles. The molecule has 18 heavy (non-hydrogen) atoms. The molecule has 4 heteroatoms. The van der Waals surface area contributed by atoms with Crippen LogP contribution in [0, 0.1) is 5.82 Å². The van der Waals surface area contributed by atoms with Gasteiger partial charge in [-0.3, -0.25) is 4.98 Å². The van der Waals surface area contributed by atoms with Gasteiger partial charge in [0.2, 0.25) is 0 Å². The smallest absolute Gasteiger partial charge is 0.123 e. The molecular weight excluding hydrogens is 229 g/mol. The highest BCUT2D eigenvalue weighted by atomic mass is 19.1. The lowest BCUT2D eigenvalue weighted by Gasteiger charge is -2.34. The molecule has 1 aromatic heterocycles. The standard InChI is InChI=1S/C14H16FN3/c1-10(16)14(17,12-3-2-8-18-9-12)11-4-6-13(15)7-5-11/h2-10H,16-17H2,1H3/t10-,14+/m0/s1. The summed E-state index contributed by atoms with van der Waals surface area (Å²) >= 11 is 0. The van der Waals surface area contributed by atoms with E-state index in [1.807, 2.05) is 19.1 Å². The maximum absolute atomic E-state index is 13.0. The normalized spacial score (nSPS) is 16.0. The summed E-state index contributed by atoms with van der Waals surface area (Å²) in [6.07, 6.45) is 3.36.